The third-order valence-corrected chi connectivity index (χ3v) is 3.62. The van der Waals surface area contributed by atoms with Gasteiger partial charge in [-0.2, -0.15) is 5.10 Å². The van der Waals surface area contributed by atoms with Crippen molar-refractivity contribution in [3.05, 3.63) is 54.0 Å². The summed E-state index contributed by atoms with van der Waals surface area (Å²) in [5.74, 6) is 0. The van der Waals surface area contributed by atoms with Crippen LogP contribution in [0.5, 0.6) is 0 Å². The topological polar surface area (TPSA) is 34.8 Å². The molecule has 4 nitrogen and oxygen atoms in total. The summed E-state index contributed by atoms with van der Waals surface area (Å²) < 4.78 is 4.18. The van der Waals surface area contributed by atoms with Crippen LogP contribution in [-0.2, 0) is 26.6 Å². The van der Waals surface area contributed by atoms with Gasteiger partial charge in [0.05, 0.1) is 6.20 Å². The molecule has 3 rings (SSSR count). The Balaban J connectivity index is 1.81. The Bertz CT molecular complexity index is 708. The van der Waals surface area contributed by atoms with E-state index in [0.717, 1.165) is 19.5 Å². The Morgan fingerprint density at radius 1 is 1.20 bits per heavy atom. The molecule has 0 radical (unpaired) electrons. The summed E-state index contributed by atoms with van der Waals surface area (Å²) in [5.41, 5.74) is 3.91. The molecule has 0 saturated carbocycles. The highest BCUT2D eigenvalue weighted by Crippen LogP contribution is 2.18. The number of nitrogens with one attached hydrogen (secondary N) is 1. The van der Waals surface area contributed by atoms with Crippen molar-refractivity contribution < 1.29 is 0 Å². The second-order valence-electron chi connectivity index (χ2n) is 5.20. The van der Waals surface area contributed by atoms with Crippen molar-refractivity contribution in [2.45, 2.75) is 19.5 Å². The van der Waals surface area contributed by atoms with Crippen molar-refractivity contribution in [3.8, 4) is 0 Å². The van der Waals surface area contributed by atoms with E-state index >= 15 is 0 Å². The van der Waals surface area contributed by atoms with Crippen LogP contribution < -0.4 is 5.32 Å². The predicted molar refractivity (Wildman–Crippen MR) is 81.6 cm³/mol. The van der Waals surface area contributed by atoms with E-state index in [1.165, 1.54) is 22.0 Å². The van der Waals surface area contributed by atoms with E-state index in [9.17, 15) is 0 Å². The SMILES string of the molecule is CNCc1ccc2ccn(CCc3cnn(C)c3)c2c1. The Labute approximate surface area is 119 Å². The van der Waals surface area contributed by atoms with Crippen LogP contribution in [0.3, 0.4) is 0 Å². The summed E-state index contributed by atoms with van der Waals surface area (Å²) in [4.78, 5) is 0. The van der Waals surface area contributed by atoms with Crippen molar-refractivity contribution >= 4 is 10.9 Å². The zero-order valence-corrected chi connectivity index (χ0v) is 12.0. The maximum Gasteiger partial charge on any atom is 0.0522 e. The van der Waals surface area contributed by atoms with Crippen LogP contribution in [0.15, 0.2) is 42.9 Å². The highest BCUT2D eigenvalue weighted by molar-refractivity contribution is 5.80. The molecule has 0 unspecified atom stereocenters. The molecule has 1 aromatic carbocycles. The number of aromatic nitrogens is 3. The fourth-order valence-electron chi connectivity index (χ4n) is 2.59. The van der Waals surface area contributed by atoms with Gasteiger partial charge in [0.15, 0.2) is 0 Å². The molecule has 0 aliphatic heterocycles. The van der Waals surface area contributed by atoms with Crippen molar-refractivity contribution in [2.24, 2.45) is 7.05 Å². The van der Waals surface area contributed by atoms with Crippen LogP contribution in [0.4, 0.5) is 0 Å². The summed E-state index contributed by atoms with van der Waals surface area (Å²) in [6, 6.07) is 8.84. The molecule has 20 heavy (non-hydrogen) atoms. The lowest BCUT2D eigenvalue weighted by Gasteiger charge is -2.06. The van der Waals surface area contributed by atoms with Crippen LogP contribution in [0.2, 0.25) is 0 Å². The first-order valence-electron chi connectivity index (χ1n) is 6.96. The maximum absolute atomic E-state index is 4.22. The molecule has 2 heterocycles. The minimum Gasteiger partial charge on any atom is -0.347 e. The van der Waals surface area contributed by atoms with E-state index in [-0.39, 0.29) is 0 Å². The second kappa shape index (κ2) is 5.51. The standard InChI is InChI=1S/C16H20N4/c1-17-10-13-3-4-15-6-8-20(16(15)9-13)7-5-14-11-18-19(2)12-14/h3-4,6,8-9,11-12,17H,5,7,10H2,1-2H3. The molecule has 0 fully saturated rings. The normalized spacial score (nSPS) is 11.3. The van der Waals surface area contributed by atoms with E-state index in [1.807, 2.05) is 25.0 Å². The van der Waals surface area contributed by atoms with Gasteiger partial charge >= 0.3 is 0 Å². The molecule has 0 atom stereocenters. The monoisotopic (exact) mass is 268 g/mol. The first-order chi connectivity index (χ1) is 9.76. The van der Waals surface area contributed by atoms with Crippen LogP contribution in [0, 0.1) is 0 Å². The highest BCUT2D eigenvalue weighted by Gasteiger charge is 2.03. The first-order valence-corrected chi connectivity index (χ1v) is 6.96. The van der Waals surface area contributed by atoms with Gasteiger partial charge in [0.25, 0.3) is 0 Å². The molecule has 0 bridgehead atoms. The number of rotatable bonds is 5. The van der Waals surface area contributed by atoms with Gasteiger partial charge in [-0.25, -0.2) is 0 Å². The van der Waals surface area contributed by atoms with Crippen molar-refractivity contribution in [1.29, 1.82) is 0 Å². The summed E-state index contributed by atoms with van der Waals surface area (Å²) in [6.07, 6.45) is 7.20. The van der Waals surface area contributed by atoms with E-state index in [1.54, 1.807) is 0 Å². The van der Waals surface area contributed by atoms with E-state index in [4.69, 9.17) is 0 Å². The summed E-state index contributed by atoms with van der Waals surface area (Å²) in [7, 11) is 3.93. The van der Waals surface area contributed by atoms with Crippen molar-refractivity contribution in [2.75, 3.05) is 7.05 Å². The molecule has 0 spiro atoms. The Kier molecular flexibility index (Phi) is 3.56. The molecule has 104 valence electrons. The fraction of sp³-hybridized carbons (Fsp3) is 0.312. The third kappa shape index (κ3) is 2.60. The number of fused-ring (bicyclic) bond motifs is 1. The van der Waals surface area contributed by atoms with Gasteiger partial charge in [-0.05, 0) is 42.1 Å². The average molecular weight is 268 g/mol. The minimum atomic E-state index is 0.906. The molecule has 0 amide bonds. The van der Waals surface area contributed by atoms with Crippen molar-refractivity contribution in [3.63, 3.8) is 0 Å². The largest absolute Gasteiger partial charge is 0.347 e. The number of hydrogen-bond donors (Lipinski definition) is 1. The van der Waals surface area contributed by atoms with Gasteiger partial charge in [-0.15, -0.1) is 0 Å². The van der Waals surface area contributed by atoms with Gasteiger partial charge < -0.3 is 9.88 Å². The lowest BCUT2D eigenvalue weighted by atomic mass is 10.1. The number of nitrogens with zero attached hydrogens (tertiary/aromatic N) is 3. The van der Waals surface area contributed by atoms with Gasteiger partial charge in [0.2, 0.25) is 0 Å². The lowest BCUT2D eigenvalue weighted by Crippen LogP contribution is -2.05. The predicted octanol–water partition coefficient (Wildman–Crippen LogP) is 2.34. The highest BCUT2D eigenvalue weighted by atomic mass is 15.2. The van der Waals surface area contributed by atoms with Crippen LogP contribution in [0.25, 0.3) is 10.9 Å². The fourth-order valence-corrected chi connectivity index (χ4v) is 2.59. The molecule has 4 heteroatoms. The molecule has 0 saturated heterocycles. The third-order valence-electron chi connectivity index (χ3n) is 3.62. The molecule has 2 aromatic heterocycles. The maximum atomic E-state index is 4.22. The van der Waals surface area contributed by atoms with Gasteiger partial charge in [-0.3, -0.25) is 4.68 Å². The number of aryl methyl sites for hydroxylation is 3. The summed E-state index contributed by atoms with van der Waals surface area (Å²) >= 11 is 0. The second-order valence-corrected chi connectivity index (χ2v) is 5.20. The van der Waals surface area contributed by atoms with Gasteiger partial charge in [0.1, 0.15) is 0 Å². The molecule has 3 aromatic rings. The molecule has 0 aliphatic rings. The smallest absolute Gasteiger partial charge is 0.0522 e. The van der Waals surface area contributed by atoms with E-state index < -0.39 is 0 Å². The average Bonchev–Trinajstić information content (AvgIpc) is 3.03. The zero-order valence-electron chi connectivity index (χ0n) is 12.0. The van der Waals surface area contributed by atoms with E-state index in [0.29, 0.717) is 0 Å². The van der Waals surface area contributed by atoms with Crippen molar-refractivity contribution in [1.82, 2.24) is 19.7 Å². The summed E-state index contributed by atoms with van der Waals surface area (Å²) in [6.45, 7) is 1.89. The van der Waals surface area contributed by atoms with Crippen LogP contribution >= 0.6 is 0 Å². The summed E-state index contributed by atoms with van der Waals surface area (Å²) in [5, 5.41) is 8.72. The molecular formula is C16H20N4. The van der Waals surface area contributed by atoms with Crippen LogP contribution in [-0.4, -0.2) is 21.4 Å². The quantitative estimate of drug-likeness (QED) is 0.771. The molecule has 0 aliphatic carbocycles. The molecular weight excluding hydrogens is 248 g/mol. The molecule has 1 N–H and O–H groups in total. The number of benzene rings is 1. The Morgan fingerprint density at radius 3 is 2.85 bits per heavy atom. The zero-order chi connectivity index (χ0) is 13.9. The Morgan fingerprint density at radius 2 is 2.10 bits per heavy atom. The van der Waals surface area contributed by atoms with Gasteiger partial charge in [0, 0.05) is 38.0 Å². The first kappa shape index (κ1) is 12.9. The minimum absolute atomic E-state index is 0.906. The van der Waals surface area contributed by atoms with Gasteiger partial charge in [-0.1, -0.05) is 12.1 Å². The van der Waals surface area contributed by atoms with E-state index in [2.05, 4.69) is 51.6 Å². The number of hydrogen-bond acceptors (Lipinski definition) is 2. The lowest BCUT2D eigenvalue weighted by molar-refractivity contribution is 0.719. The Hall–Kier alpha value is -2.07. The van der Waals surface area contributed by atoms with Crippen LogP contribution in [0.1, 0.15) is 11.1 Å².